The lowest BCUT2D eigenvalue weighted by Gasteiger charge is -2.10. The fourth-order valence-corrected chi connectivity index (χ4v) is 2.71. The number of ether oxygens (including phenoxy) is 1. The zero-order chi connectivity index (χ0) is 19.9. The lowest BCUT2D eigenvalue weighted by atomic mass is 10.1. The Bertz CT molecular complexity index is 981. The number of benzene rings is 3. The summed E-state index contributed by atoms with van der Waals surface area (Å²) in [6.45, 7) is 4.43. The third-order valence-electron chi connectivity index (χ3n) is 4.20. The molecule has 5 heteroatoms. The molecular weight excluding hydrogens is 352 g/mol. The quantitative estimate of drug-likeness (QED) is 0.645. The van der Waals surface area contributed by atoms with Crippen molar-refractivity contribution in [3.05, 3.63) is 89.5 Å². The van der Waals surface area contributed by atoms with E-state index >= 15 is 0 Å². The minimum absolute atomic E-state index is 0.259. The Kier molecular flexibility index (Phi) is 6.07. The van der Waals surface area contributed by atoms with Crippen molar-refractivity contribution >= 4 is 23.2 Å². The number of amides is 2. The molecule has 0 heterocycles. The van der Waals surface area contributed by atoms with E-state index in [-0.39, 0.29) is 11.8 Å². The summed E-state index contributed by atoms with van der Waals surface area (Å²) < 4.78 is 5.39. The Hall–Kier alpha value is -3.60. The third-order valence-corrected chi connectivity index (χ3v) is 4.20. The molecule has 2 N–H and O–H groups in total. The van der Waals surface area contributed by atoms with Gasteiger partial charge in [-0.15, -0.1) is 0 Å². The molecule has 0 bridgehead atoms. The summed E-state index contributed by atoms with van der Waals surface area (Å²) >= 11 is 0. The summed E-state index contributed by atoms with van der Waals surface area (Å²) in [7, 11) is 0. The van der Waals surface area contributed by atoms with E-state index in [4.69, 9.17) is 4.74 Å². The highest BCUT2D eigenvalue weighted by Crippen LogP contribution is 2.18. The standard InChI is InChI=1S/C23H22N2O3/c1-3-28-20-13-11-19(12-14-20)24-22(26)17-8-6-9-18(15-17)23(27)25-21-10-5-4-7-16(21)2/h4-15H,3H2,1-2H3,(H,24,26)(H,25,27). The van der Waals surface area contributed by atoms with Gasteiger partial charge in [-0.3, -0.25) is 9.59 Å². The molecule has 0 aliphatic carbocycles. The zero-order valence-corrected chi connectivity index (χ0v) is 15.9. The molecule has 5 nitrogen and oxygen atoms in total. The van der Waals surface area contributed by atoms with E-state index in [1.54, 1.807) is 48.5 Å². The molecule has 0 atom stereocenters. The maximum absolute atomic E-state index is 12.5. The van der Waals surface area contributed by atoms with Crippen LogP contribution in [0.15, 0.2) is 72.8 Å². The summed E-state index contributed by atoms with van der Waals surface area (Å²) in [5, 5.41) is 5.70. The predicted octanol–water partition coefficient (Wildman–Crippen LogP) is 4.90. The molecule has 2 amide bonds. The second-order valence-electron chi connectivity index (χ2n) is 6.26. The summed E-state index contributed by atoms with van der Waals surface area (Å²) in [5.41, 5.74) is 3.20. The van der Waals surface area contributed by atoms with Gasteiger partial charge in [-0.1, -0.05) is 24.3 Å². The van der Waals surface area contributed by atoms with Gasteiger partial charge >= 0.3 is 0 Å². The fourth-order valence-electron chi connectivity index (χ4n) is 2.71. The van der Waals surface area contributed by atoms with Crippen molar-refractivity contribution in [1.82, 2.24) is 0 Å². The number of anilines is 2. The largest absolute Gasteiger partial charge is 0.494 e. The normalized spacial score (nSPS) is 10.2. The van der Waals surface area contributed by atoms with Gasteiger partial charge in [0, 0.05) is 22.5 Å². The highest BCUT2D eigenvalue weighted by Gasteiger charge is 2.12. The number of para-hydroxylation sites is 1. The number of nitrogens with one attached hydrogen (secondary N) is 2. The van der Waals surface area contributed by atoms with Crippen molar-refractivity contribution < 1.29 is 14.3 Å². The number of aryl methyl sites for hydroxylation is 1. The molecule has 3 aromatic rings. The van der Waals surface area contributed by atoms with Crippen LogP contribution in [-0.4, -0.2) is 18.4 Å². The van der Waals surface area contributed by atoms with Gasteiger partial charge in [0.15, 0.2) is 0 Å². The number of rotatable bonds is 6. The van der Waals surface area contributed by atoms with Crippen LogP contribution in [0.1, 0.15) is 33.2 Å². The zero-order valence-electron chi connectivity index (χ0n) is 15.9. The Morgan fingerprint density at radius 2 is 1.46 bits per heavy atom. The second-order valence-corrected chi connectivity index (χ2v) is 6.26. The van der Waals surface area contributed by atoms with Crippen molar-refractivity contribution in [2.45, 2.75) is 13.8 Å². The molecule has 0 aliphatic heterocycles. The van der Waals surface area contributed by atoms with Crippen molar-refractivity contribution in [3.63, 3.8) is 0 Å². The molecule has 0 spiro atoms. The van der Waals surface area contributed by atoms with Gasteiger partial charge in [0.05, 0.1) is 6.61 Å². The van der Waals surface area contributed by atoms with Gasteiger partial charge in [0.2, 0.25) is 0 Å². The van der Waals surface area contributed by atoms with Crippen LogP contribution in [0.5, 0.6) is 5.75 Å². The summed E-state index contributed by atoms with van der Waals surface area (Å²) in [5.74, 6) is 0.204. The first-order valence-corrected chi connectivity index (χ1v) is 9.08. The molecular formula is C23H22N2O3. The average Bonchev–Trinajstić information content (AvgIpc) is 2.71. The Morgan fingerprint density at radius 1 is 0.821 bits per heavy atom. The van der Waals surface area contributed by atoms with E-state index in [0.29, 0.717) is 23.4 Å². The molecule has 142 valence electrons. The van der Waals surface area contributed by atoms with Gasteiger partial charge in [-0.05, 0) is 67.9 Å². The van der Waals surface area contributed by atoms with Gasteiger partial charge < -0.3 is 15.4 Å². The van der Waals surface area contributed by atoms with Gasteiger partial charge in [-0.25, -0.2) is 0 Å². The first-order chi connectivity index (χ1) is 13.6. The van der Waals surface area contributed by atoms with Crippen molar-refractivity contribution in [3.8, 4) is 5.75 Å². The number of hydrogen-bond acceptors (Lipinski definition) is 3. The lowest BCUT2D eigenvalue weighted by molar-refractivity contribution is 0.102. The first-order valence-electron chi connectivity index (χ1n) is 9.08. The van der Waals surface area contributed by atoms with Crippen LogP contribution >= 0.6 is 0 Å². The van der Waals surface area contributed by atoms with Crippen molar-refractivity contribution in [1.29, 1.82) is 0 Å². The highest BCUT2D eigenvalue weighted by molar-refractivity contribution is 6.08. The topological polar surface area (TPSA) is 67.4 Å². The van der Waals surface area contributed by atoms with E-state index in [0.717, 1.165) is 17.0 Å². The maximum Gasteiger partial charge on any atom is 0.255 e. The second kappa shape index (κ2) is 8.86. The SMILES string of the molecule is CCOc1ccc(NC(=O)c2cccc(C(=O)Nc3ccccc3C)c2)cc1. The molecule has 3 aromatic carbocycles. The molecule has 0 aliphatic rings. The fraction of sp³-hybridized carbons (Fsp3) is 0.130. The van der Waals surface area contributed by atoms with Crippen LogP contribution in [0, 0.1) is 6.92 Å². The van der Waals surface area contributed by atoms with Crippen LogP contribution in [0.3, 0.4) is 0 Å². The van der Waals surface area contributed by atoms with Crippen molar-refractivity contribution in [2.24, 2.45) is 0 Å². The maximum atomic E-state index is 12.5. The van der Waals surface area contributed by atoms with E-state index < -0.39 is 0 Å². The van der Waals surface area contributed by atoms with E-state index in [1.807, 2.05) is 38.1 Å². The Morgan fingerprint density at radius 3 is 2.11 bits per heavy atom. The molecule has 3 rings (SSSR count). The van der Waals surface area contributed by atoms with Gasteiger partial charge in [0.1, 0.15) is 5.75 Å². The minimum Gasteiger partial charge on any atom is -0.494 e. The monoisotopic (exact) mass is 374 g/mol. The molecule has 0 saturated heterocycles. The molecule has 28 heavy (non-hydrogen) atoms. The number of hydrogen-bond donors (Lipinski definition) is 2. The molecule has 0 unspecified atom stereocenters. The van der Waals surface area contributed by atoms with E-state index in [1.165, 1.54) is 0 Å². The van der Waals surface area contributed by atoms with Crippen LogP contribution < -0.4 is 15.4 Å². The summed E-state index contributed by atoms with van der Waals surface area (Å²) in [6, 6.07) is 21.3. The smallest absolute Gasteiger partial charge is 0.255 e. The number of carbonyl (C=O) groups excluding carboxylic acids is 2. The van der Waals surface area contributed by atoms with Crippen molar-refractivity contribution in [2.75, 3.05) is 17.2 Å². The van der Waals surface area contributed by atoms with E-state index in [2.05, 4.69) is 10.6 Å². The predicted molar refractivity (Wildman–Crippen MR) is 111 cm³/mol. The van der Waals surface area contributed by atoms with Crippen LogP contribution in [-0.2, 0) is 0 Å². The first kappa shape index (κ1) is 19.2. The lowest BCUT2D eigenvalue weighted by Crippen LogP contribution is -2.16. The summed E-state index contributed by atoms with van der Waals surface area (Å²) in [6.07, 6.45) is 0. The number of carbonyl (C=O) groups is 2. The molecule has 0 aromatic heterocycles. The third kappa shape index (κ3) is 4.76. The van der Waals surface area contributed by atoms with Gasteiger partial charge in [-0.2, -0.15) is 0 Å². The van der Waals surface area contributed by atoms with Crippen LogP contribution in [0.25, 0.3) is 0 Å². The minimum atomic E-state index is -0.283. The molecule has 0 saturated carbocycles. The van der Waals surface area contributed by atoms with Gasteiger partial charge in [0.25, 0.3) is 11.8 Å². The molecule has 0 radical (unpaired) electrons. The summed E-state index contributed by atoms with van der Waals surface area (Å²) in [4.78, 5) is 25.1. The Balaban J connectivity index is 1.70. The van der Waals surface area contributed by atoms with E-state index in [9.17, 15) is 9.59 Å². The molecule has 0 fully saturated rings. The Labute approximate surface area is 164 Å². The van der Waals surface area contributed by atoms with Crippen LogP contribution in [0.4, 0.5) is 11.4 Å². The average molecular weight is 374 g/mol. The highest BCUT2D eigenvalue weighted by atomic mass is 16.5. The van der Waals surface area contributed by atoms with Crippen LogP contribution in [0.2, 0.25) is 0 Å².